The number of benzene rings is 7. The van der Waals surface area contributed by atoms with Gasteiger partial charge in [-0.15, -0.1) is 0 Å². The number of furan rings is 1. The Morgan fingerprint density at radius 3 is 1.94 bits per heavy atom. The molecule has 0 aliphatic heterocycles. The van der Waals surface area contributed by atoms with Gasteiger partial charge in [0, 0.05) is 50.0 Å². The molecule has 54 heavy (non-hydrogen) atoms. The highest BCUT2D eigenvalue weighted by molar-refractivity contribution is 6.06. The number of aryl methyl sites for hydroxylation is 1. The fourth-order valence-electron chi connectivity index (χ4n) is 8.63. The standard InChI is InChI=1S/C51H40N2O/c1-33-34(2)52(37-13-7-5-8-14-37)48-32-47-44(31-43(33)48)41-27-23-36(29-46(41)51(47,3)4)20-19-35-21-24-39(25-22-35)53(38-15-9-6-10-16-38)40-26-28-50-45(30-40)42-17-11-12-18-49(42)54-50/h5-32H,1-4H3/b20-19+. The van der Waals surface area contributed by atoms with Crippen LogP contribution in [0.2, 0.25) is 0 Å². The van der Waals surface area contributed by atoms with Crippen molar-refractivity contribution in [2.75, 3.05) is 4.90 Å². The van der Waals surface area contributed by atoms with E-state index in [1.807, 2.05) is 12.1 Å². The van der Waals surface area contributed by atoms with Crippen molar-refractivity contribution in [3.63, 3.8) is 0 Å². The van der Waals surface area contributed by atoms with Crippen molar-refractivity contribution in [1.29, 1.82) is 0 Å². The Morgan fingerprint density at radius 1 is 0.519 bits per heavy atom. The minimum Gasteiger partial charge on any atom is -0.456 e. The lowest BCUT2D eigenvalue weighted by Crippen LogP contribution is -2.15. The maximum atomic E-state index is 6.14. The van der Waals surface area contributed by atoms with Crippen LogP contribution in [-0.2, 0) is 5.41 Å². The minimum atomic E-state index is -0.120. The maximum absolute atomic E-state index is 6.14. The van der Waals surface area contributed by atoms with E-state index in [0.29, 0.717) is 0 Å². The summed E-state index contributed by atoms with van der Waals surface area (Å²) in [5, 5.41) is 3.57. The number of fused-ring (bicyclic) bond motifs is 7. The van der Waals surface area contributed by atoms with Gasteiger partial charge in [0.15, 0.2) is 0 Å². The third kappa shape index (κ3) is 5.03. The molecule has 0 saturated heterocycles. The summed E-state index contributed by atoms with van der Waals surface area (Å²) < 4.78 is 8.56. The zero-order chi connectivity index (χ0) is 36.6. The van der Waals surface area contributed by atoms with Crippen LogP contribution >= 0.6 is 0 Å². The Balaban J connectivity index is 0.968. The summed E-state index contributed by atoms with van der Waals surface area (Å²) in [5.41, 5.74) is 17.9. The zero-order valence-electron chi connectivity index (χ0n) is 31.0. The van der Waals surface area contributed by atoms with Gasteiger partial charge in [0.2, 0.25) is 0 Å². The molecule has 0 spiro atoms. The average Bonchev–Trinajstić information content (AvgIpc) is 3.78. The van der Waals surface area contributed by atoms with E-state index in [9.17, 15) is 0 Å². The van der Waals surface area contributed by atoms with E-state index in [2.05, 4.69) is 195 Å². The molecule has 1 aliphatic rings. The van der Waals surface area contributed by atoms with E-state index in [0.717, 1.165) is 44.6 Å². The number of anilines is 3. The Labute approximate surface area is 316 Å². The van der Waals surface area contributed by atoms with Crippen molar-refractivity contribution >= 4 is 62.1 Å². The van der Waals surface area contributed by atoms with Crippen molar-refractivity contribution in [3.05, 3.63) is 191 Å². The lowest BCUT2D eigenvalue weighted by atomic mass is 9.81. The van der Waals surface area contributed by atoms with Gasteiger partial charge in [0.1, 0.15) is 11.2 Å². The van der Waals surface area contributed by atoms with E-state index in [4.69, 9.17) is 4.42 Å². The van der Waals surface area contributed by atoms with Gasteiger partial charge in [0.25, 0.3) is 0 Å². The molecule has 0 saturated carbocycles. The molecule has 3 nitrogen and oxygen atoms in total. The number of nitrogens with zero attached hydrogens (tertiary/aromatic N) is 2. The molecule has 0 N–H and O–H groups in total. The van der Waals surface area contributed by atoms with Crippen molar-refractivity contribution in [1.82, 2.24) is 4.57 Å². The van der Waals surface area contributed by atoms with Crippen LogP contribution in [0, 0.1) is 13.8 Å². The van der Waals surface area contributed by atoms with Gasteiger partial charge in [-0.25, -0.2) is 0 Å². The third-order valence-electron chi connectivity index (χ3n) is 11.6. The molecule has 0 bridgehead atoms. The van der Waals surface area contributed by atoms with Crippen LogP contribution in [0.3, 0.4) is 0 Å². The molecule has 0 radical (unpaired) electrons. The predicted molar refractivity (Wildman–Crippen MR) is 228 cm³/mol. The van der Waals surface area contributed by atoms with Gasteiger partial charge < -0.3 is 13.9 Å². The minimum absolute atomic E-state index is 0.120. The number of aromatic nitrogens is 1. The third-order valence-corrected chi connectivity index (χ3v) is 11.6. The zero-order valence-corrected chi connectivity index (χ0v) is 31.0. The second-order valence-electron chi connectivity index (χ2n) is 15.1. The van der Waals surface area contributed by atoms with Gasteiger partial charge >= 0.3 is 0 Å². The molecular formula is C51H40N2O. The summed E-state index contributed by atoms with van der Waals surface area (Å²) in [6.45, 7) is 9.24. The summed E-state index contributed by atoms with van der Waals surface area (Å²) in [5.74, 6) is 0. The molecule has 0 atom stereocenters. The highest BCUT2D eigenvalue weighted by Crippen LogP contribution is 2.51. The molecule has 10 rings (SSSR count). The summed E-state index contributed by atoms with van der Waals surface area (Å²) in [7, 11) is 0. The first-order chi connectivity index (χ1) is 26.3. The van der Waals surface area contributed by atoms with Crippen LogP contribution in [0.5, 0.6) is 0 Å². The van der Waals surface area contributed by atoms with Crippen LogP contribution in [-0.4, -0.2) is 4.57 Å². The van der Waals surface area contributed by atoms with Gasteiger partial charge in [0.05, 0.1) is 5.52 Å². The Bertz CT molecular complexity index is 2910. The van der Waals surface area contributed by atoms with Gasteiger partial charge in [-0.3, -0.25) is 0 Å². The van der Waals surface area contributed by atoms with Crippen molar-refractivity contribution < 1.29 is 4.42 Å². The molecule has 9 aromatic rings. The van der Waals surface area contributed by atoms with E-state index >= 15 is 0 Å². The second kappa shape index (κ2) is 12.2. The first kappa shape index (κ1) is 32.1. The van der Waals surface area contributed by atoms with Crippen LogP contribution in [0.4, 0.5) is 17.1 Å². The Kier molecular flexibility index (Phi) is 7.28. The van der Waals surface area contributed by atoms with Crippen LogP contribution in [0.1, 0.15) is 47.4 Å². The molecule has 0 amide bonds. The van der Waals surface area contributed by atoms with E-state index in [-0.39, 0.29) is 5.41 Å². The molecular weight excluding hydrogens is 657 g/mol. The monoisotopic (exact) mass is 696 g/mol. The number of para-hydroxylation sites is 3. The van der Waals surface area contributed by atoms with Crippen molar-refractivity contribution in [2.24, 2.45) is 0 Å². The van der Waals surface area contributed by atoms with Crippen LogP contribution in [0.25, 0.3) is 61.8 Å². The lowest BCUT2D eigenvalue weighted by molar-refractivity contribution is 0.660. The van der Waals surface area contributed by atoms with E-state index in [1.165, 1.54) is 55.7 Å². The molecule has 2 heterocycles. The van der Waals surface area contributed by atoms with Crippen molar-refractivity contribution in [3.8, 4) is 16.8 Å². The second-order valence-corrected chi connectivity index (χ2v) is 15.1. The average molecular weight is 697 g/mol. The first-order valence-corrected chi connectivity index (χ1v) is 18.8. The van der Waals surface area contributed by atoms with Gasteiger partial charge in [-0.05, 0) is 126 Å². The number of hydrogen-bond donors (Lipinski definition) is 0. The Hall–Kier alpha value is -6.58. The summed E-state index contributed by atoms with van der Waals surface area (Å²) >= 11 is 0. The molecule has 0 fully saturated rings. The maximum Gasteiger partial charge on any atom is 0.135 e. The number of rotatable bonds is 6. The van der Waals surface area contributed by atoms with E-state index in [1.54, 1.807) is 0 Å². The molecule has 2 aromatic heterocycles. The topological polar surface area (TPSA) is 21.3 Å². The normalized spacial score (nSPS) is 13.3. The van der Waals surface area contributed by atoms with Gasteiger partial charge in [-0.1, -0.05) is 111 Å². The van der Waals surface area contributed by atoms with Crippen LogP contribution in [0.15, 0.2) is 162 Å². The molecule has 7 aromatic carbocycles. The van der Waals surface area contributed by atoms with Gasteiger partial charge in [-0.2, -0.15) is 0 Å². The Morgan fingerprint density at radius 2 is 1.15 bits per heavy atom. The summed E-state index contributed by atoms with van der Waals surface area (Å²) in [4.78, 5) is 2.31. The fourth-order valence-corrected chi connectivity index (χ4v) is 8.63. The molecule has 3 heteroatoms. The quantitative estimate of drug-likeness (QED) is 0.161. The summed E-state index contributed by atoms with van der Waals surface area (Å²) in [6.07, 6.45) is 4.47. The number of hydrogen-bond acceptors (Lipinski definition) is 2. The first-order valence-electron chi connectivity index (χ1n) is 18.8. The highest BCUT2D eigenvalue weighted by atomic mass is 16.3. The molecule has 0 unspecified atom stereocenters. The lowest BCUT2D eigenvalue weighted by Gasteiger charge is -2.25. The van der Waals surface area contributed by atoms with E-state index < -0.39 is 0 Å². The highest BCUT2D eigenvalue weighted by Gasteiger charge is 2.36. The van der Waals surface area contributed by atoms with Crippen LogP contribution < -0.4 is 4.90 Å². The summed E-state index contributed by atoms with van der Waals surface area (Å²) in [6, 6.07) is 56.7. The predicted octanol–water partition coefficient (Wildman–Crippen LogP) is 14.1. The SMILES string of the molecule is Cc1c(C)n(-c2ccccc2)c2cc3c(cc12)-c1ccc(/C=C/c2ccc(N(c4ccccc4)c4ccc5oc6ccccc6c5c4)cc2)cc1C3(C)C. The largest absolute Gasteiger partial charge is 0.456 e. The fraction of sp³-hybridized carbons (Fsp3) is 0.0980. The molecule has 1 aliphatic carbocycles. The smallest absolute Gasteiger partial charge is 0.135 e. The van der Waals surface area contributed by atoms with Crippen molar-refractivity contribution in [2.45, 2.75) is 33.1 Å². The molecule has 260 valence electrons.